The van der Waals surface area contributed by atoms with Crippen LogP contribution < -0.4 is 14.2 Å². The number of rotatable bonds is 10. The molecule has 7 heteroatoms. The van der Waals surface area contributed by atoms with Crippen molar-refractivity contribution in [1.29, 1.82) is 0 Å². The van der Waals surface area contributed by atoms with Crippen LogP contribution in [0.4, 0.5) is 8.78 Å². The molecule has 0 aliphatic rings. The van der Waals surface area contributed by atoms with E-state index in [0.29, 0.717) is 34.1 Å². The summed E-state index contributed by atoms with van der Waals surface area (Å²) in [6, 6.07) is 24.9. The second-order valence-corrected chi connectivity index (χ2v) is 8.34. The third kappa shape index (κ3) is 7.05. The molecule has 0 aliphatic carbocycles. The minimum atomic E-state index is -1.30. The van der Waals surface area contributed by atoms with Gasteiger partial charge >= 0.3 is 11.9 Å². The van der Waals surface area contributed by atoms with Crippen LogP contribution in [0.3, 0.4) is 0 Å². The van der Waals surface area contributed by atoms with Crippen molar-refractivity contribution < 1.29 is 32.6 Å². The van der Waals surface area contributed by atoms with Gasteiger partial charge in [-0.05, 0) is 83.9 Å². The van der Waals surface area contributed by atoms with Gasteiger partial charge in [-0.2, -0.15) is 0 Å². The number of allylic oxidation sites excluding steroid dienone is 2. The molecule has 0 fully saturated rings. The Kier molecular flexibility index (Phi) is 8.64. The third-order valence-corrected chi connectivity index (χ3v) is 5.65. The predicted octanol–water partition coefficient (Wildman–Crippen LogP) is 8.31. The van der Waals surface area contributed by atoms with Crippen molar-refractivity contribution >= 4 is 11.9 Å². The Bertz CT molecular complexity index is 1330. The van der Waals surface area contributed by atoms with E-state index >= 15 is 0 Å². The summed E-state index contributed by atoms with van der Waals surface area (Å²) in [5.41, 5.74) is 1.38. The molecule has 4 aromatic carbocycles. The Hall–Kier alpha value is -5.04. The van der Waals surface area contributed by atoms with Crippen LogP contribution in [0.5, 0.6) is 23.0 Å². The van der Waals surface area contributed by atoms with Crippen molar-refractivity contribution in [3.05, 3.63) is 145 Å². The highest BCUT2D eigenvalue weighted by Crippen LogP contribution is 2.27. The van der Waals surface area contributed by atoms with E-state index in [9.17, 15) is 18.4 Å². The van der Waals surface area contributed by atoms with Gasteiger partial charge in [0.25, 0.3) is 0 Å². The van der Waals surface area contributed by atoms with E-state index in [2.05, 4.69) is 13.2 Å². The van der Waals surface area contributed by atoms with Crippen molar-refractivity contribution in [3.63, 3.8) is 0 Å². The Balaban J connectivity index is 1.30. The van der Waals surface area contributed by atoms with E-state index in [-0.39, 0.29) is 11.1 Å². The van der Waals surface area contributed by atoms with Crippen molar-refractivity contribution in [1.82, 2.24) is 0 Å². The number of esters is 2. The van der Waals surface area contributed by atoms with Crippen molar-refractivity contribution in [2.75, 3.05) is 0 Å². The first-order valence-corrected chi connectivity index (χ1v) is 11.9. The summed E-state index contributed by atoms with van der Waals surface area (Å²) in [5.74, 6) is 0.462. The molecule has 196 valence electrons. The molecule has 0 aliphatic heterocycles. The fourth-order valence-corrected chi connectivity index (χ4v) is 3.50. The SMILES string of the molecule is C=CC(F)c1ccc(C(=O)Oc2ccc(Oc3ccc(OC(=O)c4ccc(C(F)C=C)cc4)cc3)cc2)cc1. The fraction of sp³-hybridized carbons (Fsp3) is 0.0625. The number of carbonyl (C=O) groups excluding carboxylic acids is 2. The maximum absolute atomic E-state index is 13.6. The maximum atomic E-state index is 13.6. The number of benzene rings is 4. The summed E-state index contributed by atoms with van der Waals surface area (Å²) in [6.07, 6.45) is -0.243. The molecule has 2 unspecified atom stereocenters. The van der Waals surface area contributed by atoms with Gasteiger partial charge in [0.2, 0.25) is 0 Å². The summed E-state index contributed by atoms with van der Waals surface area (Å²) in [4.78, 5) is 24.7. The lowest BCUT2D eigenvalue weighted by molar-refractivity contribution is 0.0725. The topological polar surface area (TPSA) is 61.8 Å². The number of hydrogen-bond acceptors (Lipinski definition) is 5. The predicted molar refractivity (Wildman–Crippen MR) is 144 cm³/mol. The summed E-state index contributed by atoms with van der Waals surface area (Å²) in [5, 5.41) is 0. The number of hydrogen-bond donors (Lipinski definition) is 0. The Morgan fingerprint density at radius 2 is 0.846 bits per heavy atom. The van der Waals surface area contributed by atoms with Crippen molar-refractivity contribution in [3.8, 4) is 23.0 Å². The Morgan fingerprint density at radius 1 is 0.538 bits per heavy atom. The number of ether oxygens (including phenoxy) is 3. The van der Waals surface area contributed by atoms with Crippen LogP contribution in [0.1, 0.15) is 44.2 Å². The molecule has 4 rings (SSSR count). The molecule has 0 bridgehead atoms. The third-order valence-electron chi connectivity index (χ3n) is 5.65. The minimum absolute atomic E-state index is 0.286. The minimum Gasteiger partial charge on any atom is -0.457 e. The van der Waals surface area contributed by atoms with Gasteiger partial charge in [0.05, 0.1) is 11.1 Å². The van der Waals surface area contributed by atoms with Gasteiger partial charge in [0.15, 0.2) is 0 Å². The monoisotopic (exact) mass is 526 g/mol. The van der Waals surface area contributed by atoms with Crippen LogP contribution in [-0.4, -0.2) is 11.9 Å². The zero-order valence-electron chi connectivity index (χ0n) is 20.8. The van der Waals surface area contributed by atoms with Gasteiger partial charge in [-0.1, -0.05) is 49.6 Å². The molecule has 0 amide bonds. The van der Waals surface area contributed by atoms with Crippen molar-refractivity contribution in [2.45, 2.75) is 12.3 Å². The largest absolute Gasteiger partial charge is 0.457 e. The van der Waals surface area contributed by atoms with Crippen LogP contribution in [-0.2, 0) is 0 Å². The molecule has 0 radical (unpaired) electrons. The van der Waals surface area contributed by atoms with Gasteiger partial charge in [-0.15, -0.1) is 0 Å². The number of alkyl halides is 2. The van der Waals surface area contributed by atoms with Crippen LogP contribution in [0.15, 0.2) is 122 Å². The molecule has 0 saturated carbocycles. The normalized spacial score (nSPS) is 12.1. The highest BCUT2D eigenvalue weighted by Gasteiger charge is 2.13. The quantitative estimate of drug-likeness (QED) is 0.118. The number of carbonyl (C=O) groups is 2. The summed E-state index contributed by atoms with van der Waals surface area (Å²) in [7, 11) is 0. The van der Waals surface area contributed by atoms with E-state index in [1.54, 1.807) is 48.5 Å². The van der Waals surface area contributed by atoms with E-state index in [1.165, 1.54) is 60.7 Å². The fourth-order valence-electron chi connectivity index (χ4n) is 3.50. The van der Waals surface area contributed by atoms with E-state index < -0.39 is 24.3 Å². The lowest BCUT2D eigenvalue weighted by Gasteiger charge is -2.09. The molecule has 0 heterocycles. The van der Waals surface area contributed by atoms with Gasteiger partial charge < -0.3 is 14.2 Å². The summed E-state index contributed by atoms with van der Waals surface area (Å²) >= 11 is 0. The second kappa shape index (κ2) is 12.5. The van der Waals surface area contributed by atoms with E-state index in [4.69, 9.17) is 14.2 Å². The van der Waals surface area contributed by atoms with Gasteiger partial charge in [-0.3, -0.25) is 0 Å². The first-order chi connectivity index (χ1) is 18.9. The van der Waals surface area contributed by atoms with Crippen LogP contribution in [0.25, 0.3) is 0 Å². The Morgan fingerprint density at radius 3 is 1.15 bits per heavy atom. The van der Waals surface area contributed by atoms with Gasteiger partial charge in [0.1, 0.15) is 35.3 Å². The zero-order chi connectivity index (χ0) is 27.8. The molecule has 39 heavy (non-hydrogen) atoms. The van der Waals surface area contributed by atoms with Gasteiger partial charge in [-0.25, -0.2) is 18.4 Å². The smallest absolute Gasteiger partial charge is 0.343 e. The lowest BCUT2D eigenvalue weighted by atomic mass is 10.1. The summed E-state index contributed by atoms with van der Waals surface area (Å²) < 4.78 is 43.8. The molecule has 0 aromatic heterocycles. The lowest BCUT2D eigenvalue weighted by Crippen LogP contribution is -2.08. The highest BCUT2D eigenvalue weighted by atomic mass is 19.1. The van der Waals surface area contributed by atoms with E-state index in [0.717, 1.165) is 0 Å². The molecule has 0 N–H and O–H groups in total. The molecule has 5 nitrogen and oxygen atoms in total. The first kappa shape index (κ1) is 27.0. The zero-order valence-corrected chi connectivity index (χ0v) is 20.8. The molecule has 0 saturated heterocycles. The van der Waals surface area contributed by atoms with Crippen molar-refractivity contribution in [2.24, 2.45) is 0 Å². The van der Waals surface area contributed by atoms with Crippen LogP contribution in [0.2, 0.25) is 0 Å². The van der Waals surface area contributed by atoms with Crippen LogP contribution >= 0.6 is 0 Å². The standard InChI is InChI=1S/C32H24F2O5/c1-3-29(33)21-5-9-23(10-6-21)31(35)38-27-17-13-25(14-18-27)37-26-15-19-28(20-16-26)39-32(36)24-11-7-22(8-12-24)30(34)4-2/h3-20,29-30H,1-2H2. The second-order valence-electron chi connectivity index (χ2n) is 8.34. The van der Waals surface area contributed by atoms with Gasteiger partial charge in [0, 0.05) is 0 Å². The highest BCUT2D eigenvalue weighted by molar-refractivity contribution is 5.91. The first-order valence-electron chi connectivity index (χ1n) is 11.9. The molecule has 2 atom stereocenters. The average Bonchev–Trinajstić information content (AvgIpc) is 2.98. The average molecular weight is 527 g/mol. The summed E-state index contributed by atoms with van der Waals surface area (Å²) in [6.45, 7) is 6.82. The molecular formula is C32H24F2O5. The molecular weight excluding hydrogens is 502 g/mol. The Labute approximate surface area is 224 Å². The maximum Gasteiger partial charge on any atom is 0.343 e. The molecule has 0 spiro atoms. The molecule has 4 aromatic rings. The van der Waals surface area contributed by atoms with Crippen LogP contribution in [0, 0.1) is 0 Å². The number of halogens is 2. The van der Waals surface area contributed by atoms with E-state index in [1.807, 2.05) is 0 Å².